The minimum absolute atomic E-state index is 0.148. The molecule has 1 aromatic rings. The lowest BCUT2D eigenvalue weighted by Crippen LogP contribution is -2.13. The van der Waals surface area contributed by atoms with E-state index in [0.29, 0.717) is 0 Å². The maximum atomic E-state index is 12.5. The second-order valence-corrected chi connectivity index (χ2v) is 3.05. The van der Waals surface area contributed by atoms with Crippen LogP contribution in [0.4, 0.5) is 8.78 Å². The molecule has 0 amide bonds. The quantitative estimate of drug-likeness (QED) is 0.785. The molecule has 7 heteroatoms. The Bertz CT molecular complexity index is 398. The van der Waals surface area contributed by atoms with Crippen LogP contribution < -0.4 is 5.73 Å². The molecule has 15 heavy (non-hydrogen) atoms. The van der Waals surface area contributed by atoms with Gasteiger partial charge in [-0.2, -0.15) is 0 Å². The molecule has 0 aliphatic carbocycles. The second-order valence-electron chi connectivity index (χ2n) is 2.67. The van der Waals surface area contributed by atoms with Crippen molar-refractivity contribution in [3.63, 3.8) is 0 Å². The summed E-state index contributed by atoms with van der Waals surface area (Å²) in [5.41, 5.74) is 3.81. The van der Waals surface area contributed by atoms with Crippen molar-refractivity contribution in [2.45, 2.75) is 13.0 Å². The Morgan fingerprint density at radius 2 is 2.27 bits per heavy atom. The number of carboxylic acid groups (broad SMARTS) is 1. The fraction of sp³-hybridized carbons (Fsp3) is 0.250. The first kappa shape index (κ1) is 11.8. The van der Waals surface area contributed by atoms with Gasteiger partial charge in [-0.3, -0.25) is 0 Å². The number of rotatable bonds is 3. The molecule has 0 spiro atoms. The van der Waals surface area contributed by atoms with Crippen LogP contribution in [0.1, 0.15) is 28.0 Å². The number of carbonyl (C=O) groups is 1. The van der Waals surface area contributed by atoms with E-state index < -0.39 is 23.5 Å². The normalized spacial score (nSPS) is 10.7. The number of aromatic nitrogens is 1. The molecule has 0 saturated carbocycles. The molecule has 0 fully saturated rings. The molecule has 0 bridgehead atoms. The molecule has 3 N–H and O–H groups in total. The summed E-state index contributed by atoms with van der Waals surface area (Å²) in [4.78, 5) is 14.3. The van der Waals surface area contributed by atoms with Gasteiger partial charge in [-0.15, -0.1) is 0 Å². The van der Waals surface area contributed by atoms with Gasteiger partial charge in [-0.25, -0.2) is 18.6 Å². The number of carboxylic acids is 1. The highest BCUT2D eigenvalue weighted by molar-refractivity contribution is 6.29. The van der Waals surface area contributed by atoms with Crippen LogP contribution in [0.5, 0.6) is 0 Å². The van der Waals surface area contributed by atoms with Crippen LogP contribution in [-0.4, -0.2) is 16.1 Å². The summed E-state index contributed by atoms with van der Waals surface area (Å²) in [7, 11) is 0. The predicted molar refractivity (Wildman–Crippen MR) is 49.1 cm³/mol. The Labute approximate surface area is 88.7 Å². The monoisotopic (exact) mass is 236 g/mol. The smallest absolute Gasteiger partial charge is 0.338 e. The largest absolute Gasteiger partial charge is 0.478 e. The Balaban J connectivity index is 3.47. The Morgan fingerprint density at radius 3 is 2.67 bits per heavy atom. The van der Waals surface area contributed by atoms with Crippen LogP contribution in [0.15, 0.2) is 6.07 Å². The number of pyridine rings is 1. The van der Waals surface area contributed by atoms with Gasteiger partial charge >= 0.3 is 5.97 Å². The maximum Gasteiger partial charge on any atom is 0.338 e. The number of hydrogen-bond donors (Lipinski definition) is 2. The van der Waals surface area contributed by atoms with Crippen molar-refractivity contribution < 1.29 is 18.7 Å². The average molecular weight is 237 g/mol. The summed E-state index contributed by atoms with van der Waals surface area (Å²) >= 11 is 5.46. The van der Waals surface area contributed by atoms with E-state index in [1.807, 2.05) is 0 Å². The molecule has 0 aliphatic heterocycles. The molecule has 0 unspecified atom stereocenters. The molecule has 1 aromatic heterocycles. The van der Waals surface area contributed by atoms with E-state index in [0.717, 1.165) is 6.07 Å². The molecular formula is C8H7ClF2N2O2. The van der Waals surface area contributed by atoms with Gasteiger partial charge < -0.3 is 10.8 Å². The lowest BCUT2D eigenvalue weighted by Gasteiger charge is -2.09. The summed E-state index contributed by atoms with van der Waals surface area (Å²) in [5.74, 6) is -1.49. The van der Waals surface area contributed by atoms with Gasteiger partial charge in [0.1, 0.15) is 5.15 Å². The van der Waals surface area contributed by atoms with Crippen molar-refractivity contribution in [2.24, 2.45) is 5.73 Å². The molecule has 1 heterocycles. The summed E-state index contributed by atoms with van der Waals surface area (Å²) in [6, 6.07) is 0.828. The highest BCUT2D eigenvalue weighted by atomic mass is 35.5. The second kappa shape index (κ2) is 4.50. The minimum Gasteiger partial charge on any atom is -0.478 e. The van der Waals surface area contributed by atoms with Gasteiger partial charge in [-0.05, 0) is 6.07 Å². The maximum absolute atomic E-state index is 12.5. The number of nitrogens with two attached hydrogens (primary N) is 1. The molecule has 1 rings (SSSR count). The molecule has 82 valence electrons. The van der Waals surface area contributed by atoms with E-state index >= 15 is 0 Å². The number of halogens is 3. The third-order valence-corrected chi connectivity index (χ3v) is 1.93. The van der Waals surface area contributed by atoms with E-state index in [-0.39, 0.29) is 17.4 Å². The van der Waals surface area contributed by atoms with Crippen LogP contribution >= 0.6 is 11.6 Å². The van der Waals surface area contributed by atoms with Gasteiger partial charge in [0.2, 0.25) is 0 Å². The van der Waals surface area contributed by atoms with Gasteiger partial charge in [-0.1, -0.05) is 11.6 Å². The van der Waals surface area contributed by atoms with E-state index in [4.69, 9.17) is 22.4 Å². The molecule has 4 nitrogen and oxygen atoms in total. The standard InChI is InChI=1S/C8H7ClF2N2O2/c9-5-1-3(7(10)11)6(8(14)15)4(2-12)13-5/h1,7H,2,12H2,(H,14,15). The molecule has 0 saturated heterocycles. The van der Waals surface area contributed by atoms with Crippen molar-refractivity contribution >= 4 is 17.6 Å². The predicted octanol–water partition coefficient (Wildman–Crippen LogP) is 1.83. The Hall–Kier alpha value is -1.27. The topological polar surface area (TPSA) is 76.2 Å². The van der Waals surface area contributed by atoms with Gasteiger partial charge in [0.25, 0.3) is 6.43 Å². The van der Waals surface area contributed by atoms with Crippen LogP contribution in [0.2, 0.25) is 5.15 Å². The van der Waals surface area contributed by atoms with E-state index in [1.54, 1.807) is 0 Å². The summed E-state index contributed by atoms with van der Waals surface area (Å²) in [6.07, 6.45) is -2.93. The number of aromatic carboxylic acids is 1. The van der Waals surface area contributed by atoms with Crippen LogP contribution in [0, 0.1) is 0 Å². The van der Waals surface area contributed by atoms with Gasteiger partial charge in [0.05, 0.1) is 11.3 Å². The number of alkyl halides is 2. The summed E-state index contributed by atoms with van der Waals surface area (Å²) in [6.45, 7) is -0.262. The van der Waals surface area contributed by atoms with Crippen LogP contribution in [0.3, 0.4) is 0 Å². The first-order valence-electron chi connectivity index (χ1n) is 3.88. The summed E-state index contributed by atoms with van der Waals surface area (Å²) in [5, 5.41) is 8.55. The number of nitrogens with zero attached hydrogens (tertiary/aromatic N) is 1. The zero-order valence-electron chi connectivity index (χ0n) is 7.38. The summed E-state index contributed by atoms with van der Waals surface area (Å²) < 4.78 is 25.0. The van der Waals surface area contributed by atoms with E-state index in [9.17, 15) is 13.6 Å². The fourth-order valence-corrected chi connectivity index (χ4v) is 1.37. The molecule has 0 atom stereocenters. The van der Waals surface area contributed by atoms with Crippen LogP contribution in [-0.2, 0) is 6.54 Å². The average Bonchev–Trinajstić information content (AvgIpc) is 2.15. The van der Waals surface area contributed by atoms with Gasteiger partial charge in [0.15, 0.2) is 0 Å². The third-order valence-electron chi connectivity index (χ3n) is 1.74. The van der Waals surface area contributed by atoms with Crippen molar-refractivity contribution in [1.29, 1.82) is 0 Å². The highest BCUT2D eigenvalue weighted by Gasteiger charge is 2.23. The molecule has 0 aliphatic rings. The fourth-order valence-electron chi connectivity index (χ4n) is 1.15. The van der Waals surface area contributed by atoms with Crippen molar-refractivity contribution in [3.8, 4) is 0 Å². The Morgan fingerprint density at radius 1 is 1.67 bits per heavy atom. The van der Waals surface area contributed by atoms with Crippen LogP contribution in [0.25, 0.3) is 0 Å². The highest BCUT2D eigenvalue weighted by Crippen LogP contribution is 2.27. The zero-order chi connectivity index (χ0) is 11.6. The Kier molecular flexibility index (Phi) is 3.54. The van der Waals surface area contributed by atoms with Crippen molar-refractivity contribution in [2.75, 3.05) is 0 Å². The SMILES string of the molecule is NCc1nc(Cl)cc(C(F)F)c1C(=O)O. The lowest BCUT2D eigenvalue weighted by atomic mass is 10.1. The molecular weight excluding hydrogens is 230 g/mol. The molecule has 0 radical (unpaired) electrons. The van der Waals surface area contributed by atoms with E-state index in [2.05, 4.69) is 4.98 Å². The van der Waals surface area contributed by atoms with Gasteiger partial charge in [0, 0.05) is 12.1 Å². The molecule has 0 aromatic carbocycles. The van der Waals surface area contributed by atoms with E-state index in [1.165, 1.54) is 0 Å². The van der Waals surface area contributed by atoms with Crippen molar-refractivity contribution in [3.05, 3.63) is 28.0 Å². The van der Waals surface area contributed by atoms with Crippen molar-refractivity contribution in [1.82, 2.24) is 4.98 Å². The first-order valence-corrected chi connectivity index (χ1v) is 4.26. The third kappa shape index (κ3) is 2.40. The lowest BCUT2D eigenvalue weighted by molar-refractivity contribution is 0.0682. The zero-order valence-corrected chi connectivity index (χ0v) is 8.13. The minimum atomic E-state index is -2.93. The first-order chi connectivity index (χ1) is 6.97. The number of hydrogen-bond acceptors (Lipinski definition) is 3.